The molecule has 2 rings (SSSR count). The van der Waals surface area contributed by atoms with E-state index in [2.05, 4.69) is 0 Å². The molecular formula is C12H17FN2O4S. The SMILES string of the molecule is CC1CN(S(=O)(=O)c2ccc(F)c(N)c2)CC(CO)O1. The van der Waals surface area contributed by atoms with Gasteiger partial charge in [0.1, 0.15) is 5.82 Å². The molecule has 0 radical (unpaired) electrons. The number of nitrogens with zero attached hydrogens (tertiary/aromatic N) is 1. The van der Waals surface area contributed by atoms with Crippen molar-refractivity contribution in [1.82, 2.24) is 4.31 Å². The number of aliphatic hydroxyl groups is 1. The van der Waals surface area contributed by atoms with Crippen molar-refractivity contribution in [2.45, 2.75) is 24.0 Å². The van der Waals surface area contributed by atoms with Gasteiger partial charge in [-0.3, -0.25) is 0 Å². The van der Waals surface area contributed by atoms with Crippen LogP contribution in [0.25, 0.3) is 0 Å². The first-order chi connectivity index (χ1) is 9.34. The topological polar surface area (TPSA) is 92.9 Å². The number of hydrogen-bond donors (Lipinski definition) is 2. The van der Waals surface area contributed by atoms with E-state index in [0.717, 1.165) is 12.1 Å². The van der Waals surface area contributed by atoms with Gasteiger partial charge in [0.15, 0.2) is 0 Å². The van der Waals surface area contributed by atoms with E-state index in [0.29, 0.717) is 0 Å². The second kappa shape index (κ2) is 5.65. The van der Waals surface area contributed by atoms with Crippen molar-refractivity contribution in [3.8, 4) is 0 Å². The summed E-state index contributed by atoms with van der Waals surface area (Å²) in [7, 11) is -3.78. The summed E-state index contributed by atoms with van der Waals surface area (Å²) in [5.41, 5.74) is 5.19. The van der Waals surface area contributed by atoms with Gasteiger partial charge in [0.2, 0.25) is 10.0 Å². The van der Waals surface area contributed by atoms with E-state index in [1.165, 1.54) is 10.4 Å². The van der Waals surface area contributed by atoms with Gasteiger partial charge >= 0.3 is 0 Å². The summed E-state index contributed by atoms with van der Waals surface area (Å²) < 4.78 is 44.7. The number of sulfonamides is 1. The fourth-order valence-electron chi connectivity index (χ4n) is 2.13. The highest BCUT2D eigenvalue weighted by Crippen LogP contribution is 2.23. The molecule has 20 heavy (non-hydrogen) atoms. The predicted molar refractivity (Wildman–Crippen MR) is 71.0 cm³/mol. The third-order valence-corrected chi connectivity index (χ3v) is 4.93. The Labute approximate surface area is 117 Å². The van der Waals surface area contributed by atoms with Gasteiger partial charge in [0, 0.05) is 13.1 Å². The summed E-state index contributed by atoms with van der Waals surface area (Å²) in [5.74, 6) is -0.660. The molecule has 6 nitrogen and oxygen atoms in total. The molecule has 1 aliphatic heterocycles. The average Bonchev–Trinajstić information content (AvgIpc) is 2.41. The maximum atomic E-state index is 13.1. The number of nitrogen functional groups attached to an aromatic ring is 1. The predicted octanol–water partition coefficient (Wildman–Crippen LogP) is 0.178. The number of halogens is 1. The van der Waals surface area contributed by atoms with Crippen molar-refractivity contribution in [3.63, 3.8) is 0 Å². The maximum absolute atomic E-state index is 13.1. The summed E-state index contributed by atoms with van der Waals surface area (Å²) in [6, 6.07) is 3.30. The van der Waals surface area contributed by atoms with Crippen LogP contribution >= 0.6 is 0 Å². The number of hydrogen-bond acceptors (Lipinski definition) is 5. The molecule has 0 amide bonds. The van der Waals surface area contributed by atoms with Gasteiger partial charge in [-0.15, -0.1) is 0 Å². The van der Waals surface area contributed by atoms with Crippen LogP contribution in [0.2, 0.25) is 0 Å². The summed E-state index contributed by atoms with van der Waals surface area (Å²) in [4.78, 5) is -0.0674. The molecule has 8 heteroatoms. The smallest absolute Gasteiger partial charge is 0.243 e. The van der Waals surface area contributed by atoms with Crippen LogP contribution in [-0.2, 0) is 14.8 Å². The van der Waals surface area contributed by atoms with Crippen molar-refractivity contribution in [2.24, 2.45) is 0 Å². The molecule has 0 saturated carbocycles. The van der Waals surface area contributed by atoms with Crippen LogP contribution < -0.4 is 5.73 Å². The minimum absolute atomic E-state index is 0.0560. The normalized spacial score (nSPS) is 24.8. The molecule has 3 N–H and O–H groups in total. The molecule has 2 unspecified atom stereocenters. The standard InChI is InChI=1S/C12H17FN2O4S/c1-8-5-15(6-9(7-16)19-8)20(17,18)10-2-3-11(13)12(14)4-10/h2-4,8-9,16H,5-7,14H2,1H3. The van der Waals surface area contributed by atoms with Crippen LogP contribution in [0.1, 0.15) is 6.92 Å². The Morgan fingerprint density at radius 2 is 2.20 bits per heavy atom. The number of nitrogens with two attached hydrogens (primary N) is 1. The summed E-state index contributed by atoms with van der Waals surface area (Å²) in [5, 5.41) is 9.13. The number of morpholine rings is 1. The zero-order valence-corrected chi connectivity index (χ0v) is 11.8. The molecule has 1 heterocycles. The molecule has 1 aromatic carbocycles. The lowest BCUT2D eigenvalue weighted by Gasteiger charge is -2.35. The van der Waals surface area contributed by atoms with Crippen molar-refractivity contribution < 1.29 is 22.7 Å². The summed E-state index contributed by atoms with van der Waals surface area (Å²) >= 11 is 0. The largest absolute Gasteiger partial charge is 0.396 e. The number of benzene rings is 1. The highest BCUT2D eigenvalue weighted by molar-refractivity contribution is 7.89. The van der Waals surface area contributed by atoms with Gasteiger partial charge in [0.25, 0.3) is 0 Å². The number of anilines is 1. The van der Waals surface area contributed by atoms with E-state index >= 15 is 0 Å². The monoisotopic (exact) mass is 304 g/mol. The molecule has 0 bridgehead atoms. The van der Waals surface area contributed by atoms with Crippen molar-refractivity contribution in [3.05, 3.63) is 24.0 Å². The molecule has 1 aromatic rings. The van der Waals surface area contributed by atoms with Crippen LogP contribution in [0.4, 0.5) is 10.1 Å². The minimum atomic E-state index is -3.78. The highest BCUT2D eigenvalue weighted by atomic mass is 32.2. The molecule has 112 valence electrons. The molecule has 0 spiro atoms. The maximum Gasteiger partial charge on any atom is 0.243 e. The molecule has 0 aromatic heterocycles. The second-order valence-electron chi connectivity index (χ2n) is 4.76. The van der Waals surface area contributed by atoms with Crippen LogP contribution in [0.15, 0.2) is 23.1 Å². The first-order valence-corrected chi connectivity index (χ1v) is 7.60. The molecule has 1 saturated heterocycles. The van der Waals surface area contributed by atoms with E-state index in [-0.39, 0.29) is 36.4 Å². The Morgan fingerprint density at radius 1 is 1.50 bits per heavy atom. The van der Waals surface area contributed by atoms with Crippen molar-refractivity contribution in [2.75, 3.05) is 25.4 Å². The summed E-state index contributed by atoms with van der Waals surface area (Å²) in [6.45, 7) is 1.70. The number of ether oxygens (including phenoxy) is 1. The first-order valence-electron chi connectivity index (χ1n) is 6.16. The van der Waals surface area contributed by atoms with Crippen molar-refractivity contribution >= 4 is 15.7 Å². The first kappa shape index (κ1) is 15.2. The van der Waals surface area contributed by atoms with Gasteiger partial charge in [-0.1, -0.05) is 0 Å². The van der Waals surface area contributed by atoms with E-state index in [1.807, 2.05) is 0 Å². The third kappa shape index (κ3) is 2.93. The van der Waals surface area contributed by atoms with Gasteiger partial charge in [-0.25, -0.2) is 12.8 Å². The zero-order valence-electron chi connectivity index (χ0n) is 11.0. The quantitative estimate of drug-likeness (QED) is 0.777. The van der Waals surface area contributed by atoms with Crippen LogP contribution in [0.3, 0.4) is 0 Å². The van der Waals surface area contributed by atoms with E-state index in [9.17, 15) is 12.8 Å². The van der Waals surface area contributed by atoms with Crippen LogP contribution in [0, 0.1) is 5.82 Å². The van der Waals surface area contributed by atoms with Gasteiger partial charge < -0.3 is 15.6 Å². The Bertz CT molecular complexity index is 593. The second-order valence-corrected chi connectivity index (χ2v) is 6.69. The minimum Gasteiger partial charge on any atom is -0.396 e. The van der Waals surface area contributed by atoms with Crippen LogP contribution in [-0.4, -0.2) is 49.7 Å². The lowest BCUT2D eigenvalue weighted by molar-refractivity contribution is -0.0750. The van der Waals surface area contributed by atoms with E-state index in [4.69, 9.17) is 15.6 Å². The van der Waals surface area contributed by atoms with Gasteiger partial charge in [-0.05, 0) is 25.1 Å². The third-order valence-electron chi connectivity index (χ3n) is 3.10. The highest BCUT2D eigenvalue weighted by Gasteiger charge is 2.33. The molecule has 1 fully saturated rings. The number of rotatable bonds is 3. The molecular weight excluding hydrogens is 287 g/mol. The lowest BCUT2D eigenvalue weighted by Crippen LogP contribution is -2.50. The van der Waals surface area contributed by atoms with Gasteiger partial charge in [-0.2, -0.15) is 4.31 Å². The Hall–Kier alpha value is -1.22. The Kier molecular flexibility index (Phi) is 4.28. The molecule has 2 atom stereocenters. The lowest BCUT2D eigenvalue weighted by atomic mass is 10.2. The Morgan fingerprint density at radius 3 is 2.80 bits per heavy atom. The molecule has 0 aliphatic carbocycles. The van der Waals surface area contributed by atoms with Crippen LogP contribution in [0.5, 0.6) is 0 Å². The summed E-state index contributed by atoms with van der Waals surface area (Å²) in [6.07, 6.45) is -0.889. The van der Waals surface area contributed by atoms with E-state index in [1.54, 1.807) is 6.92 Å². The zero-order chi connectivity index (χ0) is 14.9. The van der Waals surface area contributed by atoms with Gasteiger partial charge in [0.05, 0.1) is 29.4 Å². The number of aliphatic hydroxyl groups excluding tert-OH is 1. The van der Waals surface area contributed by atoms with E-state index < -0.39 is 21.9 Å². The molecule has 1 aliphatic rings. The van der Waals surface area contributed by atoms with Crippen molar-refractivity contribution in [1.29, 1.82) is 0 Å². The fraction of sp³-hybridized carbons (Fsp3) is 0.500. The Balaban J connectivity index is 2.31. The average molecular weight is 304 g/mol. The fourth-order valence-corrected chi connectivity index (χ4v) is 3.71.